The maximum absolute atomic E-state index is 14.2. The molecule has 1 amide bonds. The Morgan fingerprint density at radius 1 is 1.35 bits per heavy atom. The van der Waals surface area contributed by atoms with Crippen LogP contribution in [0.15, 0.2) is 28.8 Å². The summed E-state index contributed by atoms with van der Waals surface area (Å²) in [7, 11) is 0. The van der Waals surface area contributed by atoms with Crippen molar-refractivity contribution in [2.45, 2.75) is 32.9 Å². The van der Waals surface area contributed by atoms with Crippen molar-refractivity contribution in [3.63, 3.8) is 0 Å². The molecule has 0 radical (unpaired) electrons. The number of benzene rings is 1. The highest BCUT2D eigenvalue weighted by Crippen LogP contribution is 2.26. The number of nitrogens with one attached hydrogen (secondary N) is 2. The number of carbonyl (C=O) groups excluding carboxylic acids is 1. The first kappa shape index (κ1) is 17.8. The number of ether oxygens (including phenoxy) is 1. The average Bonchev–Trinajstić information content (AvgIpc) is 3.14. The monoisotopic (exact) mass is 367 g/mol. The van der Waals surface area contributed by atoms with Crippen LogP contribution in [0.1, 0.15) is 24.1 Å². The van der Waals surface area contributed by atoms with E-state index in [0.717, 1.165) is 0 Å². The third kappa shape index (κ3) is 3.98. The lowest BCUT2D eigenvalue weighted by Crippen LogP contribution is -2.37. The van der Waals surface area contributed by atoms with Crippen LogP contribution in [0.4, 0.5) is 13.2 Å². The molecule has 0 aliphatic heterocycles. The van der Waals surface area contributed by atoms with Gasteiger partial charge >= 0.3 is 5.92 Å². The van der Waals surface area contributed by atoms with Gasteiger partial charge in [0.05, 0.1) is 12.2 Å². The second-order valence-electron chi connectivity index (χ2n) is 5.96. The molecule has 0 unspecified atom stereocenters. The highest BCUT2D eigenvalue weighted by Gasteiger charge is 2.31. The van der Waals surface area contributed by atoms with Gasteiger partial charge in [0.1, 0.15) is 6.61 Å². The Morgan fingerprint density at radius 3 is 2.77 bits per heavy atom. The van der Waals surface area contributed by atoms with Gasteiger partial charge < -0.3 is 19.6 Å². The minimum absolute atomic E-state index is 0.00378. The number of hydrogen-bond donors (Lipinski definition) is 2. The van der Waals surface area contributed by atoms with Crippen molar-refractivity contribution in [1.29, 1.82) is 0 Å². The number of aryl methyl sites for hydroxylation is 1. The number of aromatic amines is 1. The second kappa shape index (κ2) is 6.74. The molecule has 6 nitrogen and oxygen atoms in total. The lowest BCUT2D eigenvalue weighted by Gasteiger charge is -2.09. The number of alkyl halides is 2. The summed E-state index contributed by atoms with van der Waals surface area (Å²) in [4.78, 5) is 14.1. The van der Waals surface area contributed by atoms with Gasteiger partial charge in [-0.1, -0.05) is 5.16 Å². The van der Waals surface area contributed by atoms with E-state index in [1.807, 2.05) is 0 Å². The molecule has 0 aliphatic rings. The lowest BCUT2D eigenvalue weighted by atomic mass is 10.2. The molecule has 26 heavy (non-hydrogen) atoms. The van der Waals surface area contributed by atoms with Crippen molar-refractivity contribution in [2.75, 3.05) is 0 Å². The van der Waals surface area contributed by atoms with Gasteiger partial charge in [0.2, 0.25) is 0 Å². The van der Waals surface area contributed by atoms with Crippen molar-refractivity contribution < 1.29 is 27.2 Å². The van der Waals surface area contributed by atoms with E-state index in [2.05, 4.69) is 15.5 Å². The third-order valence-corrected chi connectivity index (χ3v) is 3.61. The zero-order valence-corrected chi connectivity index (χ0v) is 14.0. The number of carbonyl (C=O) groups is 1. The van der Waals surface area contributed by atoms with Crippen LogP contribution < -0.4 is 10.1 Å². The van der Waals surface area contributed by atoms with E-state index >= 15 is 0 Å². The van der Waals surface area contributed by atoms with Gasteiger partial charge in [-0.25, -0.2) is 4.39 Å². The molecule has 0 saturated carbocycles. The summed E-state index contributed by atoms with van der Waals surface area (Å²) in [6.07, 6.45) is 0. The molecule has 2 N–H and O–H groups in total. The standard InChI is InChI=1S/C17H16F3N3O3/c1-9-3-12(26-23-9)8-25-15-6-14-10(5-13(15)18)4-11(22-14)7-21-16(24)17(2,19)20/h3-6,22H,7-8H2,1-2H3,(H,21,24). The van der Waals surface area contributed by atoms with Gasteiger partial charge in [-0.3, -0.25) is 4.79 Å². The van der Waals surface area contributed by atoms with E-state index in [-0.39, 0.29) is 18.9 Å². The van der Waals surface area contributed by atoms with Gasteiger partial charge in [-0.15, -0.1) is 0 Å². The maximum atomic E-state index is 14.2. The minimum Gasteiger partial charge on any atom is -0.482 e. The number of hydrogen-bond acceptors (Lipinski definition) is 4. The van der Waals surface area contributed by atoms with Gasteiger partial charge in [0.25, 0.3) is 5.91 Å². The molecule has 9 heteroatoms. The Labute approximate surface area is 146 Å². The largest absolute Gasteiger partial charge is 0.482 e. The molecule has 138 valence electrons. The first-order valence-corrected chi connectivity index (χ1v) is 7.74. The maximum Gasteiger partial charge on any atom is 0.321 e. The third-order valence-electron chi connectivity index (χ3n) is 3.61. The molecule has 0 spiro atoms. The zero-order chi connectivity index (χ0) is 18.9. The van der Waals surface area contributed by atoms with Crippen molar-refractivity contribution in [3.05, 3.63) is 47.2 Å². The number of nitrogens with zero attached hydrogens (tertiary/aromatic N) is 1. The van der Waals surface area contributed by atoms with Gasteiger partial charge in [0.15, 0.2) is 17.3 Å². The van der Waals surface area contributed by atoms with Gasteiger partial charge in [-0.2, -0.15) is 8.78 Å². The van der Waals surface area contributed by atoms with Crippen LogP contribution in [0.3, 0.4) is 0 Å². The smallest absolute Gasteiger partial charge is 0.321 e. The Morgan fingerprint density at radius 2 is 2.12 bits per heavy atom. The Kier molecular flexibility index (Phi) is 4.62. The first-order valence-electron chi connectivity index (χ1n) is 7.74. The minimum atomic E-state index is -3.46. The van der Waals surface area contributed by atoms with Gasteiger partial charge in [0, 0.05) is 35.7 Å². The van der Waals surface area contributed by atoms with Crippen molar-refractivity contribution in [2.24, 2.45) is 0 Å². The molecule has 2 heterocycles. The summed E-state index contributed by atoms with van der Waals surface area (Å²) < 4.78 is 50.3. The molecule has 1 aromatic carbocycles. The normalized spacial score (nSPS) is 11.7. The fraction of sp³-hybridized carbons (Fsp3) is 0.294. The summed E-state index contributed by atoms with van der Waals surface area (Å²) in [5.74, 6) is -4.96. The SMILES string of the molecule is Cc1cc(COc2cc3[nH]c(CNC(=O)C(C)(F)F)cc3cc2F)on1. The van der Waals surface area contributed by atoms with Crippen molar-refractivity contribution >= 4 is 16.8 Å². The average molecular weight is 367 g/mol. The number of amides is 1. The van der Waals surface area contributed by atoms with Crippen molar-refractivity contribution in [1.82, 2.24) is 15.5 Å². The van der Waals surface area contributed by atoms with Crippen LogP contribution in [0.2, 0.25) is 0 Å². The molecule has 2 aromatic heterocycles. The molecule has 0 bridgehead atoms. The lowest BCUT2D eigenvalue weighted by molar-refractivity contribution is -0.143. The van der Waals surface area contributed by atoms with E-state index < -0.39 is 17.6 Å². The highest BCUT2D eigenvalue weighted by atomic mass is 19.3. The summed E-state index contributed by atoms with van der Waals surface area (Å²) in [5.41, 5.74) is 1.69. The van der Waals surface area contributed by atoms with E-state index in [1.54, 1.807) is 19.1 Å². The predicted molar refractivity (Wildman–Crippen MR) is 86.3 cm³/mol. The summed E-state index contributed by atoms with van der Waals surface area (Å²) in [6, 6.07) is 5.95. The molecular formula is C17H16F3N3O3. The quantitative estimate of drug-likeness (QED) is 0.699. The van der Waals surface area contributed by atoms with Gasteiger partial charge in [-0.05, 0) is 19.1 Å². The summed E-state index contributed by atoms with van der Waals surface area (Å²) in [6.45, 7) is 2.15. The topological polar surface area (TPSA) is 80.1 Å². The zero-order valence-electron chi connectivity index (χ0n) is 14.0. The van der Waals surface area contributed by atoms with E-state index in [9.17, 15) is 18.0 Å². The van der Waals surface area contributed by atoms with Crippen molar-refractivity contribution in [3.8, 4) is 5.75 Å². The predicted octanol–water partition coefficient (Wildman–Crippen LogP) is 3.45. The number of fused-ring (bicyclic) bond motifs is 1. The second-order valence-corrected chi connectivity index (χ2v) is 5.96. The molecular weight excluding hydrogens is 351 g/mol. The van der Waals surface area contributed by atoms with Crippen LogP contribution in [0.5, 0.6) is 5.75 Å². The first-order chi connectivity index (χ1) is 12.2. The number of rotatable bonds is 6. The molecule has 0 atom stereocenters. The van der Waals surface area contributed by atoms with Crippen LogP contribution >= 0.6 is 0 Å². The highest BCUT2D eigenvalue weighted by molar-refractivity contribution is 5.84. The molecule has 0 fully saturated rings. The van der Waals surface area contributed by atoms with E-state index in [4.69, 9.17) is 9.26 Å². The van der Waals surface area contributed by atoms with Crippen LogP contribution in [-0.4, -0.2) is 22.0 Å². The molecule has 0 aliphatic carbocycles. The fourth-order valence-corrected chi connectivity index (χ4v) is 2.36. The Balaban J connectivity index is 1.72. The molecule has 3 aromatic rings. The molecule has 3 rings (SSSR count). The number of H-pyrrole nitrogens is 1. The van der Waals surface area contributed by atoms with Crippen LogP contribution in [0, 0.1) is 12.7 Å². The molecule has 0 saturated heterocycles. The number of aromatic nitrogens is 2. The Hall–Kier alpha value is -2.97. The van der Waals surface area contributed by atoms with Crippen LogP contribution in [0.25, 0.3) is 10.9 Å². The Bertz CT molecular complexity index is 944. The summed E-state index contributed by atoms with van der Waals surface area (Å²) in [5, 5.41) is 6.35. The van der Waals surface area contributed by atoms with Crippen LogP contribution in [-0.2, 0) is 17.9 Å². The fourth-order valence-electron chi connectivity index (χ4n) is 2.36. The van der Waals surface area contributed by atoms with E-state index in [0.29, 0.717) is 35.0 Å². The summed E-state index contributed by atoms with van der Waals surface area (Å²) >= 11 is 0. The number of halogens is 3. The van der Waals surface area contributed by atoms with E-state index in [1.165, 1.54) is 12.1 Å².